The normalized spacial score (nSPS) is 15.2. The summed E-state index contributed by atoms with van der Waals surface area (Å²) in [5, 5.41) is 5.80. The lowest BCUT2D eigenvalue weighted by Gasteiger charge is -2.30. The standard InChI is InChI=1S/C21H23BrFN3O2/c22-17-3-7-19(8-4-17)25-20(27)14-26-11-9-16(10-12-26)21(28)24-13-15-1-5-18(23)6-2-15/h1-8,16H,9-14H2,(H,24,28)(H,25,27). The maximum atomic E-state index is 12.9. The molecule has 1 heterocycles. The number of halogens is 2. The number of piperidine rings is 1. The molecule has 0 aromatic heterocycles. The van der Waals surface area contributed by atoms with Gasteiger partial charge in [0.15, 0.2) is 0 Å². The van der Waals surface area contributed by atoms with Crippen LogP contribution in [-0.4, -0.2) is 36.3 Å². The van der Waals surface area contributed by atoms with Crippen molar-refractivity contribution in [1.82, 2.24) is 10.2 Å². The van der Waals surface area contributed by atoms with Gasteiger partial charge >= 0.3 is 0 Å². The molecule has 1 aliphatic rings. The zero-order chi connectivity index (χ0) is 19.9. The van der Waals surface area contributed by atoms with Crippen molar-refractivity contribution in [1.29, 1.82) is 0 Å². The number of amides is 2. The number of carbonyl (C=O) groups excluding carboxylic acids is 2. The molecule has 0 atom stereocenters. The van der Waals surface area contributed by atoms with Crippen molar-refractivity contribution in [3.05, 3.63) is 64.4 Å². The quantitative estimate of drug-likeness (QED) is 0.711. The first-order valence-electron chi connectivity index (χ1n) is 9.29. The van der Waals surface area contributed by atoms with E-state index >= 15 is 0 Å². The van der Waals surface area contributed by atoms with Crippen molar-refractivity contribution in [3.63, 3.8) is 0 Å². The SMILES string of the molecule is O=C(CN1CCC(C(=O)NCc2ccc(F)cc2)CC1)Nc1ccc(Br)cc1. The Bertz CT molecular complexity index is 803. The van der Waals surface area contributed by atoms with E-state index in [1.807, 2.05) is 24.3 Å². The lowest BCUT2D eigenvalue weighted by atomic mass is 9.96. The molecule has 5 nitrogen and oxygen atoms in total. The van der Waals surface area contributed by atoms with Crippen LogP contribution >= 0.6 is 15.9 Å². The molecular formula is C21H23BrFN3O2. The van der Waals surface area contributed by atoms with E-state index in [4.69, 9.17) is 0 Å². The largest absolute Gasteiger partial charge is 0.352 e. The number of carbonyl (C=O) groups is 2. The number of nitrogens with one attached hydrogen (secondary N) is 2. The third kappa shape index (κ3) is 6.14. The number of benzene rings is 2. The third-order valence-corrected chi connectivity index (χ3v) is 5.36. The second kappa shape index (κ2) is 9.80. The molecule has 0 unspecified atom stereocenters. The van der Waals surface area contributed by atoms with Gasteiger partial charge in [0.2, 0.25) is 11.8 Å². The predicted molar refractivity (Wildman–Crippen MR) is 110 cm³/mol. The monoisotopic (exact) mass is 447 g/mol. The summed E-state index contributed by atoms with van der Waals surface area (Å²) in [6, 6.07) is 13.6. The van der Waals surface area contributed by atoms with E-state index in [9.17, 15) is 14.0 Å². The maximum absolute atomic E-state index is 12.9. The molecule has 0 saturated carbocycles. The van der Waals surface area contributed by atoms with Gasteiger partial charge in [0.1, 0.15) is 5.82 Å². The highest BCUT2D eigenvalue weighted by Gasteiger charge is 2.25. The van der Waals surface area contributed by atoms with Crippen LogP contribution in [0, 0.1) is 11.7 Å². The highest BCUT2D eigenvalue weighted by atomic mass is 79.9. The number of nitrogens with zero attached hydrogens (tertiary/aromatic N) is 1. The molecule has 2 aromatic rings. The van der Waals surface area contributed by atoms with Gasteiger partial charge < -0.3 is 10.6 Å². The number of likely N-dealkylation sites (tertiary alicyclic amines) is 1. The molecule has 0 bridgehead atoms. The van der Waals surface area contributed by atoms with Gasteiger partial charge in [-0.05, 0) is 67.9 Å². The van der Waals surface area contributed by atoms with Crippen LogP contribution in [0.3, 0.4) is 0 Å². The maximum Gasteiger partial charge on any atom is 0.238 e. The van der Waals surface area contributed by atoms with E-state index in [1.54, 1.807) is 12.1 Å². The highest BCUT2D eigenvalue weighted by molar-refractivity contribution is 9.10. The fraction of sp³-hybridized carbons (Fsp3) is 0.333. The van der Waals surface area contributed by atoms with Gasteiger partial charge in [-0.3, -0.25) is 14.5 Å². The van der Waals surface area contributed by atoms with Gasteiger partial charge in [-0.15, -0.1) is 0 Å². The summed E-state index contributed by atoms with van der Waals surface area (Å²) in [5.74, 6) is -0.373. The van der Waals surface area contributed by atoms with E-state index in [0.29, 0.717) is 26.2 Å². The van der Waals surface area contributed by atoms with Gasteiger partial charge in [-0.2, -0.15) is 0 Å². The van der Waals surface area contributed by atoms with E-state index in [-0.39, 0.29) is 23.5 Å². The summed E-state index contributed by atoms with van der Waals surface area (Å²) in [7, 11) is 0. The van der Waals surface area contributed by atoms with Crippen molar-refractivity contribution in [2.45, 2.75) is 19.4 Å². The smallest absolute Gasteiger partial charge is 0.238 e. The lowest BCUT2D eigenvalue weighted by Crippen LogP contribution is -2.43. The molecule has 1 aliphatic heterocycles. The van der Waals surface area contributed by atoms with Crippen LogP contribution in [0.25, 0.3) is 0 Å². The molecule has 148 valence electrons. The summed E-state index contributed by atoms with van der Waals surface area (Å²) < 4.78 is 13.9. The average Bonchev–Trinajstić information content (AvgIpc) is 2.69. The molecule has 2 aromatic carbocycles. The fourth-order valence-electron chi connectivity index (χ4n) is 3.23. The summed E-state index contributed by atoms with van der Waals surface area (Å²) in [6.45, 7) is 2.14. The van der Waals surface area contributed by atoms with Gasteiger partial charge in [-0.1, -0.05) is 28.1 Å². The number of rotatable bonds is 6. The Labute approximate surface area is 172 Å². The number of anilines is 1. The second-order valence-electron chi connectivity index (χ2n) is 6.95. The second-order valence-corrected chi connectivity index (χ2v) is 7.87. The minimum absolute atomic E-state index is 0.0169. The Morgan fingerprint density at radius 1 is 1.04 bits per heavy atom. The van der Waals surface area contributed by atoms with Crippen molar-refractivity contribution >= 4 is 33.4 Å². The Morgan fingerprint density at radius 3 is 2.32 bits per heavy atom. The van der Waals surface area contributed by atoms with Crippen LogP contribution in [0.5, 0.6) is 0 Å². The molecule has 2 amide bonds. The van der Waals surface area contributed by atoms with Gasteiger partial charge in [-0.25, -0.2) is 4.39 Å². The van der Waals surface area contributed by atoms with Crippen LogP contribution in [0.1, 0.15) is 18.4 Å². The predicted octanol–water partition coefficient (Wildman–Crippen LogP) is 3.56. The van der Waals surface area contributed by atoms with Crippen molar-refractivity contribution in [2.24, 2.45) is 5.92 Å². The van der Waals surface area contributed by atoms with Crippen LogP contribution < -0.4 is 10.6 Å². The highest BCUT2D eigenvalue weighted by Crippen LogP contribution is 2.18. The van der Waals surface area contributed by atoms with Crippen LogP contribution in [-0.2, 0) is 16.1 Å². The molecule has 28 heavy (non-hydrogen) atoms. The molecule has 7 heteroatoms. The first-order chi connectivity index (χ1) is 13.5. The summed E-state index contributed by atoms with van der Waals surface area (Å²) in [6.07, 6.45) is 1.45. The van der Waals surface area contributed by atoms with Gasteiger partial charge in [0.05, 0.1) is 6.54 Å². The topological polar surface area (TPSA) is 61.4 Å². The minimum atomic E-state index is -0.286. The number of hydrogen-bond donors (Lipinski definition) is 2. The van der Waals surface area contributed by atoms with Crippen molar-refractivity contribution < 1.29 is 14.0 Å². The molecule has 0 aliphatic carbocycles. The Balaban J connectivity index is 1.38. The van der Waals surface area contributed by atoms with Gasteiger partial charge in [0.25, 0.3) is 0 Å². The van der Waals surface area contributed by atoms with Gasteiger partial charge in [0, 0.05) is 22.6 Å². The summed E-state index contributed by atoms with van der Waals surface area (Å²) in [5.41, 5.74) is 1.64. The average molecular weight is 448 g/mol. The molecule has 0 radical (unpaired) electrons. The fourth-order valence-corrected chi connectivity index (χ4v) is 3.49. The Hall–Kier alpha value is -2.25. The number of hydrogen-bond acceptors (Lipinski definition) is 3. The first-order valence-corrected chi connectivity index (χ1v) is 10.1. The van der Waals surface area contributed by atoms with Crippen LogP contribution in [0.15, 0.2) is 53.0 Å². The van der Waals surface area contributed by atoms with Crippen molar-refractivity contribution in [2.75, 3.05) is 25.0 Å². The third-order valence-electron chi connectivity index (χ3n) is 4.83. The van der Waals surface area contributed by atoms with E-state index in [2.05, 4.69) is 31.5 Å². The van der Waals surface area contributed by atoms with Crippen molar-refractivity contribution in [3.8, 4) is 0 Å². The van der Waals surface area contributed by atoms with E-state index in [1.165, 1.54) is 12.1 Å². The van der Waals surface area contributed by atoms with E-state index < -0.39 is 0 Å². The summed E-state index contributed by atoms with van der Waals surface area (Å²) in [4.78, 5) is 26.6. The minimum Gasteiger partial charge on any atom is -0.352 e. The zero-order valence-electron chi connectivity index (χ0n) is 15.5. The Kier molecular flexibility index (Phi) is 7.17. The molecule has 2 N–H and O–H groups in total. The molecule has 0 spiro atoms. The molecule has 3 rings (SSSR count). The molecule has 1 saturated heterocycles. The molecular weight excluding hydrogens is 425 g/mol. The summed E-state index contributed by atoms with van der Waals surface area (Å²) >= 11 is 3.37. The van der Waals surface area contributed by atoms with E-state index in [0.717, 1.165) is 28.6 Å². The Morgan fingerprint density at radius 2 is 1.68 bits per heavy atom. The lowest BCUT2D eigenvalue weighted by molar-refractivity contribution is -0.126. The van der Waals surface area contributed by atoms with Crippen LogP contribution in [0.4, 0.5) is 10.1 Å². The van der Waals surface area contributed by atoms with Crippen LogP contribution in [0.2, 0.25) is 0 Å². The first kappa shape index (κ1) is 20.5. The zero-order valence-corrected chi connectivity index (χ0v) is 17.0. The molecule has 1 fully saturated rings.